The molecule has 0 saturated carbocycles. The number of hydrogen-bond donors (Lipinski definition) is 0. The lowest BCUT2D eigenvalue weighted by atomic mass is 9.96. The van der Waals surface area contributed by atoms with Crippen molar-refractivity contribution in [2.75, 3.05) is 44.2 Å². The highest BCUT2D eigenvalue weighted by Crippen LogP contribution is 2.29. The minimum atomic E-state index is 0.288. The van der Waals surface area contributed by atoms with Gasteiger partial charge in [-0.05, 0) is 42.7 Å². The van der Waals surface area contributed by atoms with Crippen LogP contribution in [0, 0.1) is 0 Å². The minimum Gasteiger partial charge on any atom is -0.372 e. The zero-order valence-corrected chi connectivity index (χ0v) is 19.3. The minimum absolute atomic E-state index is 0.288. The van der Waals surface area contributed by atoms with Crippen molar-refractivity contribution >= 4 is 11.9 Å². The third kappa shape index (κ3) is 5.38. The molecule has 0 radical (unpaired) electrons. The van der Waals surface area contributed by atoms with Gasteiger partial charge in [-0.2, -0.15) is 5.10 Å². The van der Waals surface area contributed by atoms with E-state index in [9.17, 15) is 0 Å². The van der Waals surface area contributed by atoms with Crippen LogP contribution in [0.4, 0.5) is 5.69 Å². The van der Waals surface area contributed by atoms with Crippen molar-refractivity contribution in [2.45, 2.75) is 19.9 Å². The van der Waals surface area contributed by atoms with Gasteiger partial charge in [0.15, 0.2) is 0 Å². The van der Waals surface area contributed by atoms with Crippen molar-refractivity contribution in [3.63, 3.8) is 0 Å². The zero-order chi connectivity index (χ0) is 22.2. The average molecular weight is 427 g/mol. The van der Waals surface area contributed by atoms with Crippen LogP contribution in [0.1, 0.15) is 36.6 Å². The van der Waals surface area contributed by atoms with E-state index in [4.69, 9.17) is 5.10 Å². The van der Waals surface area contributed by atoms with E-state index in [1.807, 2.05) is 6.21 Å². The summed E-state index contributed by atoms with van der Waals surface area (Å²) >= 11 is 0. The summed E-state index contributed by atoms with van der Waals surface area (Å²) in [4.78, 5) is 4.94. The molecule has 4 heteroatoms. The molecule has 1 aliphatic heterocycles. The zero-order valence-electron chi connectivity index (χ0n) is 19.3. The lowest BCUT2D eigenvalue weighted by Crippen LogP contribution is -2.45. The van der Waals surface area contributed by atoms with Crippen molar-refractivity contribution in [2.24, 2.45) is 5.10 Å². The van der Waals surface area contributed by atoms with E-state index >= 15 is 0 Å². The number of piperazine rings is 1. The predicted molar refractivity (Wildman–Crippen MR) is 135 cm³/mol. The lowest BCUT2D eigenvalue weighted by molar-refractivity contribution is 0.113. The number of anilines is 1. The number of hydrazone groups is 1. The van der Waals surface area contributed by atoms with E-state index in [1.165, 1.54) is 16.8 Å². The van der Waals surface area contributed by atoms with Crippen LogP contribution in [0.2, 0.25) is 0 Å². The van der Waals surface area contributed by atoms with Crippen molar-refractivity contribution in [1.29, 1.82) is 0 Å². The molecule has 4 nitrogen and oxygen atoms in total. The monoisotopic (exact) mass is 426 g/mol. The fourth-order valence-electron chi connectivity index (χ4n) is 4.48. The van der Waals surface area contributed by atoms with Gasteiger partial charge in [-0.3, -0.25) is 9.91 Å². The molecule has 0 unspecified atom stereocenters. The van der Waals surface area contributed by atoms with Crippen LogP contribution in [-0.2, 0) is 0 Å². The molecule has 0 atom stereocenters. The Balaban J connectivity index is 1.39. The standard InChI is InChI=1S/C28H34N4/c1-3-30(4-2)27-17-15-24(16-18-27)23-29-32-21-19-31(20-22-32)28(25-11-7-5-8-12-25)26-13-9-6-10-14-26/h5-18,23,28H,3-4,19-22H2,1-2H3/b29-23+. The molecule has 0 N–H and O–H groups in total. The fourth-order valence-corrected chi connectivity index (χ4v) is 4.48. The maximum Gasteiger partial charge on any atom is 0.0603 e. The van der Waals surface area contributed by atoms with Gasteiger partial charge in [-0.25, -0.2) is 0 Å². The van der Waals surface area contributed by atoms with Crippen molar-refractivity contribution in [3.05, 3.63) is 102 Å². The summed E-state index contributed by atoms with van der Waals surface area (Å²) in [7, 11) is 0. The van der Waals surface area contributed by atoms with Crippen LogP contribution in [0.3, 0.4) is 0 Å². The summed E-state index contributed by atoms with van der Waals surface area (Å²) in [5, 5.41) is 6.97. The molecule has 0 spiro atoms. The first-order chi connectivity index (χ1) is 15.8. The van der Waals surface area contributed by atoms with E-state index in [0.29, 0.717) is 0 Å². The molecule has 0 bridgehead atoms. The first-order valence-corrected chi connectivity index (χ1v) is 11.8. The quantitative estimate of drug-likeness (QED) is 0.458. The number of nitrogens with zero attached hydrogens (tertiary/aromatic N) is 4. The summed E-state index contributed by atoms with van der Waals surface area (Å²) in [5.74, 6) is 0. The molecule has 0 aliphatic carbocycles. The van der Waals surface area contributed by atoms with Crippen molar-refractivity contribution in [3.8, 4) is 0 Å². The topological polar surface area (TPSA) is 22.1 Å². The Kier molecular flexibility index (Phi) is 7.57. The van der Waals surface area contributed by atoms with Gasteiger partial charge in [0.25, 0.3) is 0 Å². The van der Waals surface area contributed by atoms with Gasteiger partial charge < -0.3 is 4.90 Å². The van der Waals surface area contributed by atoms with Crippen LogP contribution >= 0.6 is 0 Å². The van der Waals surface area contributed by atoms with E-state index < -0.39 is 0 Å². The van der Waals surface area contributed by atoms with Gasteiger partial charge in [0, 0.05) is 45.0 Å². The van der Waals surface area contributed by atoms with E-state index in [2.05, 4.69) is 114 Å². The second kappa shape index (κ2) is 11.0. The maximum atomic E-state index is 4.78. The summed E-state index contributed by atoms with van der Waals surface area (Å²) < 4.78 is 0. The first-order valence-electron chi connectivity index (χ1n) is 11.8. The molecule has 32 heavy (non-hydrogen) atoms. The van der Waals surface area contributed by atoms with Crippen LogP contribution in [0.5, 0.6) is 0 Å². The molecular weight excluding hydrogens is 392 g/mol. The molecule has 3 aromatic carbocycles. The Morgan fingerprint density at radius 1 is 0.750 bits per heavy atom. The highest BCUT2D eigenvalue weighted by atomic mass is 15.5. The molecule has 1 aliphatic rings. The van der Waals surface area contributed by atoms with Gasteiger partial charge >= 0.3 is 0 Å². The van der Waals surface area contributed by atoms with Gasteiger partial charge in [-0.15, -0.1) is 0 Å². The van der Waals surface area contributed by atoms with E-state index in [-0.39, 0.29) is 6.04 Å². The molecule has 166 valence electrons. The average Bonchev–Trinajstić information content (AvgIpc) is 2.87. The highest BCUT2D eigenvalue weighted by molar-refractivity contribution is 5.80. The van der Waals surface area contributed by atoms with Crippen LogP contribution in [0.15, 0.2) is 90.0 Å². The van der Waals surface area contributed by atoms with Gasteiger partial charge in [0.2, 0.25) is 0 Å². The Hall–Kier alpha value is -3.11. The Labute approximate surface area is 192 Å². The third-order valence-corrected chi connectivity index (χ3v) is 6.28. The number of benzene rings is 3. The van der Waals surface area contributed by atoms with Crippen LogP contribution < -0.4 is 4.90 Å². The van der Waals surface area contributed by atoms with Gasteiger partial charge in [-0.1, -0.05) is 72.8 Å². The second-order valence-electron chi connectivity index (χ2n) is 8.22. The molecule has 1 saturated heterocycles. The van der Waals surface area contributed by atoms with Crippen molar-refractivity contribution in [1.82, 2.24) is 9.91 Å². The Morgan fingerprint density at radius 3 is 1.78 bits per heavy atom. The Bertz CT molecular complexity index is 918. The maximum absolute atomic E-state index is 4.78. The largest absolute Gasteiger partial charge is 0.372 e. The molecule has 0 amide bonds. The lowest BCUT2D eigenvalue weighted by Gasteiger charge is -2.38. The summed E-state index contributed by atoms with van der Waals surface area (Å²) in [6.45, 7) is 10.3. The molecule has 1 heterocycles. The van der Waals surface area contributed by atoms with E-state index in [0.717, 1.165) is 44.8 Å². The number of rotatable bonds is 8. The molecule has 4 rings (SSSR count). The Morgan fingerprint density at radius 2 is 1.28 bits per heavy atom. The van der Waals surface area contributed by atoms with Crippen LogP contribution in [-0.4, -0.2) is 55.4 Å². The van der Waals surface area contributed by atoms with Gasteiger partial charge in [0.1, 0.15) is 0 Å². The number of hydrogen-bond acceptors (Lipinski definition) is 4. The SMILES string of the molecule is CCN(CC)c1ccc(/C=N/N2CCN(C(c3ccccc3)c3ccccc3)CC2)cc1. The predicted octanol–water partition coefficient (Wildman–Crippen LogP) is 5.27. The summed E-state index contributed by atoms with van der Waals surface area (Å²) in [6.07, 6.45) is 1.99. The fraction of sp³-hybridized carbons (Fsp3) is 0.321. The van der Waals surface area contributed by atoms with Gasteiger partial charge in [0.05, 0.1) is 12.3 Å². The molecule has 0 aromatic heterocycles. The smallest absolute Gasteiger partial charge is 0.0603 e. The normalized spacial score (nSPS) is 14.9. The molecular formula is C28H34N4. The van der Waals surface area contributed by atoms with Crippen molar-refractivity contribution < 1.29 is 0 Å². The third-order valence-electron chi connectivity index (χ3n) is 6.28. The van der Waals surface area contributed by atoms with E-state index in [1.54, 1.807) is 0 Å². The second-order valence-corrected chi connectivity index (χ2v) is 8.22. The molecule has 3 aromatic rings. The molecule has 1 fully saturated rings. The highest BCUT2D eigenvalue weighted by Gasteiger charge is 2.25. The van der Waals surface area contributed by atoms with Crippen LogP contribution in [0.25, 0.3) is 0 Å². The summed E-state index contributed by atoms with van der Waals surface area (Å²) in [5.41, 5.74) is 5.12. The first kappa shape index (κ1) is 22.1. The summed E-state index contributed by atoms with van der Waals surface area (Å²) in [6, 6.07) is 30.7.